The molecule has 0 aliphatic carbocycles. The third-order valence-corrected chi connectivity index (χ3v) is 4.52. The van der Waals surface area contributed by atoms with Gasteiger partial charge in [0.25, 0.3) is 0 Å². The van der Waals surface area contributed by atoms with Crippen molar-refractivity contribution >= 4 is 22.6 Å². The number of rotatable bonds is 5. The highest BCUT2D eigenvalue weighted by molar-refractivity contribution is 14.1. The topological polar surface area (TPSA) is 23.5 Å². The molecule has 2 atom stereocenters. The van der Waals surface area contributed by atoms with Crippen molar-refractivity contribution in [1.29, 1.82) is 0 Å². The molecule has 1 aromatic rings. The lowest BCUT2D eigenvalue weighted by molar-refractivity contribution is 0.00301. The second kappa shape index (κ2) is 6.16. The Bertz CT molecular complexity index is 350. The molecule has 0 heterocycles. The first-order valence-electron chi connectivity index (χ1n) is 6.00. The zero-order valence-electron chi connectivity index (χ0n) is 11.1. The van der Waals surface area contributed by atoms with Crippen molar-refractivity contribution in [3.8, 4) is 0 Å². The Hall–Kier alpha value is -0.130. The van der Waals surface area contributed by atoms with E-state index in [0.717, 1.165) is 6.42 Å². The molecule has 0 aliphatic rings. The molecule has 0 aliphatic heterocycles. The van der Waals surface area contributed by atoms with E-state index in [0.29, 0.717) is 6.42 Å². The number of hydrogen-bond acceptors (Lipinski definition) is 2. The third-order valence-electron chi connectivity index (χ3n) is 3.80. The Kier molecular flexibility index (Phi) is 5.41. The molecule has 1 N–H and O–H groups in total. The van der Waals surface area contributed by atoms with Crippen LogP contribution in [0.3, 0.4) is 0 Å². The SMILES string of the molecule is CCC(C)(C(O)Cc1ccc(I)cc1)N(C)C. The van der Waals surface area contributed by atoms with Gasteiger partial charge in [-0.2, -0.15) is 0 Å². The van der Waals surface area contributed by atoms with E-state index >= 15 is 0 Å². The lowest BCUT2D eigenvalue weighted by atomic mass is 9.86. The van der Waals surface area contributed by atoms with Crippen molar-refractivity contribution in [2.75, 3.05) is 14.1 Å². The Morgan fingerprint density at radius 1 is 1.29 bits per heavy atom. The van der Waals surface area contributed by atoms with E-state index in [-0.39, 0.29) is 11.6 Å². The van der Waals surface area contributed by atoms with Crippen LogP contribution in [0, 0.1) is 3.57 Å². The quantitative estimate of drug-likeness (QED) is 0.828. The average molecular weight is 347 g/mol. The summed E-state index contributed by atoms with van der Waals surface area (Å²) < 4.78 is 1.23. The summed E-state index contributed by atoms with van der Waals surface area (Å²) in [4.78, 5) is 2.12. The first kappa shape index (κ1) is 14.9. The van der Waals surface area contributed by atoms with Crippen molar-refractivity contribution < 1.29 is 5.11 Å². The van der Waals surface area contributed by atoms with Gasteiger partial charge in [0, 0.05) is 15.5 Å². The van der Waals surface area contributed by atoms with Gasteiger partial charge < -0.3 is 10.0 Å². The molecule has 2 nitrogen and oxygen atoms in total. The second-order valence-corrected chi connectivity index (χ2v) is 6.20. The minimum absolute atomic E-state index is 0.164. The van der Waals surface area contributed by atoms with Gasteiger partial charge in [-0.15, -0.1) is 0 Å². The van der Waals surface area contributed by atoms with Crippen LogP contribution in [0.2, 0.25) is 0 Å². The van der Waals surface area contributed by atoms with Crippen LogP contribution in [0.5, 0.6) is 0 Å². The molecule has 0 radical (unpaired) electrons. The fraction of sp³-hybridized carbons (Fsp3) is 0.571. The lowest BCUT2D eigenvalue weighted by Gasteiger charge is -2.40. The van der Waals surface area contributed by atoms with Gasteiger partial charge in [-0.3, -0.25) is 0 Å². The number of halogens is 1. The van der Waals surface area contributed by atoms with Crippen LogP contribution in [0.4, 0.5) is 0 Å². The first-order valence-corrected chi connectivity index (χ1v) is 7.08. The minimum atomic E-state index is -0.345. The van der Waals surface area contributed by atoms with Crippen molar-refractivity contribution in [1.82, 2.24) is 4.90 Å². The summed E-state index contributed by atoms with van der Waals surface area (Å²) in [5, 5.41) is 10.4. The maximum absolute atomic E-state index is 10.4. The van der Waals surface area contributed by atoms with Gasteiger partial charge in [0.15, 0.2) is 0 Å². The summed E-state index contributed by atoms with van der Waals surface area (Å²) in [7, 11) is 4.06. The minimum Gasteiger partial charge on any atom is -0.391 e. The molecule has 0 fully saturated rings. The normalized spacial score (nSPS) is 16.9. The smallest absolute Gasteiger partial charge is 0.0761 e. The summed E-state index contributed by atoms with van der Waals surface area (Å²) in [5.74, 6) is 0. The van der Waals surface area contributed by atoms with E-state index in [1.54, 1.807) is 0 Å². The Balaban J connectivity index is 2.77. The predicted molar refractivity (Wildman–Crippen MR) is 81.3 cm³/mol. The van der Waals surface area contributed by atoms with Gasteiger partial charge in [0.05, 0.1) is 6.10 Å². The van der Waals surface area contributed by atoms with E-state index in [1.165, 1.54) is 9.13 Å². The Morgan fingerprint density at radius 2 is 1.82 bits per heavy atom. The van der Waals surface area contributed by atoms with Crippen LogP contribution >= 0.6 is 22.6 Å². The van der Waals surface area contributed by atoms with Crippen molar-refractivity contribution in [3.63, 3.8) is 0 Å². The molecule has 2 unspecified atom stereocenters. The molecular formula is C14H22INO. The zero-order chi connectivity index (χ0) is 13.1. The average Bonchev–Trinajstić information content (AvgIpc) is 2.30. The molecular weight excluding hydrogens is 325 g/mol. The fourth-order valence-electron chi connectivity index (χ4n) is 1.91. The van der Waals surface area contributed by atoms with Gasteiger partial charge in [0.2, 0.25) is 0 Å². The Labute approximate surface area is 118 Å². The van der Waals surface area contributed by atoms with E-state index in [9.17, 15) is 5.11 Å². The summed E-state index contributed by atoms with van der Waals surface area (Å²) in [6.07, 6.45) is 1.30. The largest absolute Gasteiger partial charge is 0.391 e. The summed E-state index contributed by atoms with van der Waals surface area (Å²) in [5.41, 5.74) is 1.03. The zero-order valence-corrected chi connectivity index (χ0v) is 13.2. The number of aliphatic hydroxyl groups is 1. The molecule has 1 aromatic carbocycles. The summed E-state index contributed by atoms with van der Waals surface area (Å²) in [6, 6.07) is 8.36. The molecule has 0 saturated heterocycles. The van der Waals surface area contributed by atoms with Crippen LogP contribution in [-0.4, -0.2) is 35.7 Å². The summed E-state index contributed by atoms with van der Waals surface area (Å²) >= 11 is 2.29. The van der Waals surface area contributed by atoms with Crippen LogP contribution in [-0.2, 0) is 6.42 Å². The maximum atomic E-state index is 10.4. The van der Waals surface area contributed by atoms with Crippen LogP contribution in [0.25, 0.3) is 0 Å². The first-order chi connectivity index (χ1) is 7.90. The van der Waals surface area contributed by atoms with Crippen molar-refractivity contribution in [3.05, 3.63) is 33.4 Å². The second-order valence-electron chi connectivity index (χ2n) is 4.95. The van der Waals surface area contributed by atoms with Gasteiger partial charge in [-0.25, -0.2) is 0 Å². The molecule has 0 saturated carbocycles. The molecule has 3 heteroatoms. The maximum Gasteiger partial charge on any atom is 0.0761 e. The third kappa shape index (κ3) is 3.66. The van der Waals surface area contributed by atoms with E-state index in [1.807, 2.05) is 14.1 Å². The monoisotopic (exact) mass is 347 g/mol. The van der Waals surface area contributed by atoms with Crippen LogP contribution < -0.4 is 0 Å². The van der Waals surface area contributed by atoms with E-state index in [4.69, 9.17) is 0 Å². The predicted octanol–water partition coefficient (Wildman–Crippen LogP) is 2.92. The van der Waals surface area contributed by atoms with Gasteiger partial charge in [0.1, 0.15) is 0 Å². The molecule has 1 rings (SSSR count). The highest BCUT2D eigenvalue weighted by Crippen LogP contribution is 2.24. The molecule has 17 heavy (non-hydrogen) atoms. The number of hydrogen-bond donors (Lipinski definition) is 1. The van der Waals surface area contributed by atoms with Crippen molar-refractivity contribution in [2.45, 2.75) is 38.3 Å². The van der Waals surface area contributed by atoms with Gasteiger partial charge in [-0.1, -0.05) is 19.1 Å². The van der Waals surface area contributed by atoms with E-state index < -0.39 is 0 Å². The number of nitrogens with zero attached hydrogens (tertiary/aromatic N) is 1. The summed E-state index contributed by atoms with van der Waals surface area (Å²) in [6.45, 7) is 4.24. The molecule has 0 bridgehead atoms. The standard InChI is InChI=1S/C14H22INO/c1-5-14(2,16(3)4)13(17)10-11-6-8-12(15)9-7-11/h6-9,13,17H,5,10H2,1-4H3. The molecule has 0 spiro atoms. The number of aliphatic hydroxyl groups excluding tert-OH is 1. The highest BCUT2D eigenvalue weighted by Gasteiger charge is 2.33. The molecule has 0 amide bonds. The molecule has 96 valence electrons. The number of likely N-dealkylation sites (N-methyl/N-ethyl adjacent to an activating group) is 1. The Morgan fingerprint density at radius 3 is 2.24 bits per heavy atom. The van der Waals surface area contributed by atoms with Crippen LogP contribution in [0.15, 0.2) is 24.3 Å². The van der Waals surface area contributed by atoms with Gasteiger partial charge >= 0.3 is 0 Å². The fourth-order valence-corrected chi connectivity index (χ4v) is 2.27. The number of benzene rings is 1. The van der Waals surface area contributed by atoms with Crippen molar-refractivity contribution in [2.24, 2.45) is 0 Å². The van der Waals surface area contributed by atoms with E-state index in [2.05, 4.69) is 65.6 Å². The van der Waals surface area contributed by atoms with Crippen LogP contribution in [0.1, 0.15) is 25.8 Å². The lowest BCUT2D eigenvalue weighted by Crippen LogP contribution is -2.51. The highest BCUT2D eigenvalue weighted by atomic mass is 127. The molecule has 0 aromatic heterocycles. The van der Waals surface area contributed by atoms with Gasteiger partial charge in [-0.05, 0) is 67.7 Å².